The average Bonchev–Trinajstić information content (AvgIpc) is 2.33. The second kappa shape index (κ2) is 5.79. The number of halogens is 4. The third-order valence-corrected chi connectivity index (χ3v) is 3.54. The molecule has 0 saturated carbocycles. The van der Waals surface area contributed by atoms with Crippen LogP contribution >= 0.6 is 34.8 Å². The van der Waals surface area contributed by atoms with Gasteiger partial charge < -0.3 is 5.32 Å². The quantitative estimate of drug-likeness (QED) is 0.800. The summed E-state index contributed by atoms with van der Waals surface area (Å²) in [5.41, 5.74) is 1.17. The fourth-order valence-electron chi connectivity index (χ4n) is 1.50. The first-order chi connectivity index (χ1) is 8.58. The van der Waals surface area contributed by atoms with Crippen LogP contribution in [0.1, 0.15) is 5.56 Å². The van der Waals surface area contributed by atoms with Crippen LogP contribution in [0.25, 0.3) is 0 Å². The van der Waals surface area contributed by atoms with E-state index in [0.29, 0.717) is 20.6 Å². The molecule has 2 rings (SSSR count). The molecule has 0 saturated heterocycles. The van der Waals surface area contributed by atoms with Crippen LogP contribution in [-0.4, -0.2) is 0 Å². The lowest BCUT2D eigenvalue weighted by Gasteiger charge is -2.09. The van der Waals surface area contributed by atoms with Gasteiger partial charge in [0.2, 0.25) is 0 Å². The molecule has 0 aliphatic heterocycles. The van der Waals surface area contributed by atoms with Gasteiger partial charge in [0.15, 0.2) is 0 Å². The van der Waals surface area contributed by atoms with E-state index in [9.17, 15) is 4.39 Å². The maximum Gasteiger partial charge on any atom is 0.129 e. The zero-order chi connectivity index (χ0) is 13.1. The summed E-state index contributed by atoms with van der Waals surface area (Å²) in [6.07, 6.45) is 0. The van der Waals surface area contributed by atoms with Crippen LogP contribution in [0.3, 0.4) is 0 Å². The van der Waals surface area contributed by atoms with Crippen molar-refractivity contribution in [1.82, 2.24) is 0 Å². The van der Waals surface area contributed by atoms with Gasteiger partial charge in [-0.05, 0) is 30.3 Å². The summed E-state index contributed by atoms with van der Waals surface area (Å²) in [6, 6.07) is 9.71. The average molecular weight is 305 g/mol. The largest absolute Gasteiger partial charge is 0.381 e. The molecular formula is C13H9Cl3FN. The van der Waals surface area contributed by atoms with E-state index in [1.807, 2.05) is 0 Å². The molecule has 1 N–H and O–H groups in total. The number of nitrogens with one attached hydrogen (secondary N) is 1. The van der Waals surface area contributed by atoms with E-state index in [1.54, 1.807) is 30.3 Å². The Morgan fingerprint density at radius 1 is 0.944 bits per heavy atom. The Bertz CT molecular complexity index is 552. The maximum absolute atomic E-state index is 13.5. The number of benzene rings is 2. The third-order valence-electron chi connectivity index (χ3n) is 2.45. The lowest BCUT2D eigenvalue weighted by Crippen LogP contribution is -2.02. The molecule has 0 unspecified atom stereocenters. The first kappa shape index (κ1) is 13.5. The van der Waals surface area contributed by atoms with E-state index in [1.165, 1.54) is 6.07 Å². The van der Waals surface area contributed by atoms with Crippen molar-refractivity contribution >= 4 is 40.5 Å². The fourth-order valence-corrected chi connectivity index (χ4v) is 2.03. The first-order valence-corrected chi connectivity index (χ1v) is 6.33. The van der Waals surface area contributed by atoms with Crippen LogP contribution in [0.4, 0.5) is 10.1 Å². The number of hydrogen-bond donors (Lipinski definition) is 1. The molecule has 0 atom stereocenters. The van der Waals surface area contributed by atoms with Gasteiger partial charge in [-0.1, -0.05) is 40.9 Å². The lowest BCUT2D eigenvalue weighted by atomic mass is 10.2. The second-order valence-corrected chi connectivity index (χ2v) is 4.90. The molecule has 0 heterocycles. The van der Waals surface area contributed by atoms with Crippen molar-refractivity contribution in [2.45, 2.75) is 6.54 Å². The molecule has 0 amide bonds. The van der Waals surface area contributed by atoms with E-state index in [0.717, 1.165) is 5.69 Å². The van der Waals surface area contributed by atoms with Crippen molar-refractivity contribution in [1.29, 1.82) is 0 Å². The smallest absolute Gasteiger partial charge is 0.129 e. The molecule has 0 radical (unpaired) electrons. The van der Waals surface area contributed by atoms with Crippen LogP contribution in [0.15, 0.2) is 36.4 Å². The van der Waals surface area contributed by atoms with Gasteiger partial charge in [-0.2, -0.15) is 0 Å². The second-order valence-electron chi connectivity index (χ2n) is 3.68. The summed E-state index contributed by atoms with van der Waals surface area (Å²) >= 11 is 17.6. The highest BCUT2D eigenvalue weighted by Crippen LogP contribution is 2.26. The van der Waals surface area contributed by atoms with E-state index in [-0.39, 0.29) is 12.4 Å². The van der Waals surface area contributed by atoms with Crippen LogP contribution < -0.4 is 5.32 Å². The molecule has 0 spiro atoms. The van der Waals surface area contributed by atoms with Crippen molar-refractivity contribution in [3.05, 3.63) is 62.8 Å². The molecule has 1 nitrogen and oxygen atoms in total. The topological polar surface area (TPSA) is 12.0 Å². The van der Waals surface area contributed by atoms with Gasteiger partial charge in [-0.25, -0.2) is 4.39 Å². The normalized spacial score (nSPS) is 10.4. The van der Waals surface area contributed by atoms with E-state index >= 15 is 0 Å². The van der Waals surface area contributed by atoms with E-state index in [2.05, 4.69) is 5.32 Å². The van der Waals surface area contributed by atoms with Crippen molar-refractivity contribution in [3.63, 3.8) is 0 Å². The van der Waals surface area contributed by atoms with Crippen LogP contribution in [-0.2, 0) is 6.54 Å². The molecule has 0 aliphatic rings. The van der Waals surface area contributed by atoms with Gasteiger partial charge in [0.25, 0.3) is 0 Å². The van der Waals surface area contributed by atoms with Crippen LogP contribution in [0, 0.1) is 5.82 Å². The first-order valence-electron chi connectivity index (χ1n) is 5.20. The molecule has 18 heavy (non-hydrogen) atoms. The summed E-state index contributed by atoms with van der Waals surface area (Å²) in [5, 5.41) is 4.36. The van der Waals surface area contributed by atoms with Gasteiger partial charge in [-0.3, -0.25) is 0 Å². The standard InChI is InChI=1S/C13H9Cl3FN/c14-10-2-1-3-13(17)9(10)7-18-8-4-5-11(15)12(16)6-8/h1-6,18H,7H2. The zero-order valence-electron chi connectivity index (χ0n) is 9.18. The zero-order valence-corrected chi connectivity index (χ0v) is 11.5. The summed E-state index contributed by atoms with van der Waals surface area (Å²) in [7, 11) is 0. The monoisotopic (exact) mass is 303 g/mol. The fraction of sp³-hybridized carbons (Fsp3) is 0.0769. The molecule has 2 aromatic carbocycles. The summed E-state index contributed by atoms with van der Waals surface area (Å²) in [6.45, 7) is 0.281. The minimum Gasteiger partial charge on any atom is -0.381 e. The van der Waals surface area contributed by atoms with Crippen molar-refractivity contribution in [3.8, 4) is 0 Å². The van der Waals surface area contributed by atoms with Crippen LogP contribution in [0.2, 0.25) is 15.1 Å². The highest BCUT2D eigenvalue weighted by atomic mass is 35.5. The number of rotatable bonds is 3. The lowest BCUT2D eigenvalue weighted by molar-refractivity contribution is 0.613. The van der Waals surface area contributed by atoms with Gasteiger partial charge in [-0.15, -0.1) is 0 Å². The van der Waals surface area contributed by atoms with Crippen molar-refractivity contribution in [2.75, 3.05) is 5.32 Å². The summed E-state index contributed by atoms with van der Waals surface area (Å²) < 4.78 is 13.5. The van der Waals surface area contributed by atoms with Gasteiger partial charge >= 0.3 is 0 Å². The third kappa shape index (κ3) is 3.08. The molecule has 0 fully saturated rings. The molecule has 0 aromatic heterocycles. The van der Waals surface area contributed by atoms with Gasteiger partial charge in [0.05, 0.1) is 10.0 Å². The van der Waals surface area contributed by atoms with Gasteiger partial charge in [0, 0.05) is 22.8 Å². The minimum atomic E-state index is -0.338. The predicted octanol–water partition coefficient (Wildman–Crippen LogP) is 5.40. The summed E-state index contributed by atoms with van der Waals surface area (Å²) in [4.78, 5) is 0. The van der Waals surface area contributed by atoms with Crippen molar-refractivity contribution in [2.24, 2.45) is 0 Å². The highest BCUT2D eigenvalue weighted by molar-refractivity contribution is 6.42. The molecule has 0 aliphatic carbocycles. The van der Waals surface area contributed by atoms with E-state index < -0.39 is 0 Å². The Morgan fingerprint density at radius 3 is 2.39 bits per heavy atom. The molecular weight excluding hydrogens is 296 g/mol. The Labute approximate surface area is 119 Å². The molecule has 2 aromatic rings. The Balaban J connectivity index is 2.14. The van der Waals surface area contributed by atoms with Crippen LogP contribution in [0.5, 0.6) is 0 Å². The maximum atomic E-state index is 13.5. The summed E-state index contributed by atoms with van der Waals surface area (Å²) in [5.74, 6) is -0.338. The minimum absolute atomic E-state index is 0.281. The molecule has 94 valence electrons. The Hall–Kier alpha value is -0.960. The SMILES string of the molecule is Fc1cccc(Cl)c1CNc1ccc(Cl)c(Cl)c1. The number of anilines is 1. The Kier molecular flexibility index (Phi) is 4.33. The predicted molar refractivity (Wildman–Crippen MR) is 75.2 cm³/mol. The Morgan fingerprint density at radius 2 is 1.72 bits per heavy atom. The highest BCUT2D eigenvalue weighted by Gasteiger charge is 2.06. The van der Waals surface area contributed by atoms with Gasteiger partial charge in [0.1, 0.15) is 5.82 Å². The molecule has 5 heteroatoms. The van der Waals surface area contributed by atoms with Crippen molar-refractivity contribution < 1.29 is 4.39 Å². The number of hydrogen-bond acceptors (Lipinski definition) is 1. The van der Waals surface area contributed by atoms with E-state index in [4.69, 9.17) is 34.8 Å². The molecule has 0 bridgehead atoms.